The Morgan fingerprint density at radius 1 is 1.26 bits per heavy atom. The fourth-order valence-electron chi connectivity index (χ4n) is 6.80. The van der Waals surface area contributed by atoms with Crippen LogP contribution in [0.4, 0.5) is 0 Å². The summed E-state index contributed by atoms with van der Waals surface area (Å²) in [5, 5.41) is 4.88. The highest BCUT2D eigenvalue weighted by atomic mass is 35.5. The van der Waals surface area contributed by atoms with Crippen molar-refractivity contribution in [1.82, 2.24) is 24.5 Å². The Bertz CT molecular complexity index is 1480. The number of halogens is 1. The zero-order chi connectivity index (χ0) is 33.5. The third kappa shape index (κ3) is 7.99. The van der Waals surface area contributed by atoms with Crippen LogP contribution in [0.5, 0.6) is 0 Å². The molecular weight excluding hydrogens is 618 g/mol. The van der Waals surface area contributed by atoms with Gasteiger partial charge in [0.05, 0.1) is 12.2 Å². The van der Waals surface area contributed by atoms with Crippen molar-refractivity contribution in [3.63, 3.8) is 0 Å². The van der Waals surface area contributed by atoms with E-state index < -0.39 is 6.04 Å². The van der Waals surface area contributed by atoms with Crippen LogP contribution in [0, 0.1) is 11.8 Å². The Morgan fingerprint density at radius 3 is 2.79 bits per heavy atom. The predicted molar refractivity (Wildman–Crippen MR) is 182 cm³/mol. The monoisotopic (exact) mass is 665 g/mol. The smallest absolute Gasteiger partial charge is 0.247 e. The van der Waals surface area contributed by atoms with E-state index in [2.05, 4.69) is 36.3 Å². The average molecular weight is 666 g/mol. The van der Waals surface area contributed by atoms with Crippen molar-refractivity contribution in [3.8, 4) is 0 Å². The number of ether oxygens (including phenoxy) is 2. The molecular formula is C36H48ClN5O5. The highest BCUT2D eigenvalue weighted by Gasteiger charge is 2.38. The van der Waals surface area contributed by atoms with Gasteiger partial charge in [-0.25, -0.2) is 4.68 Å². The Morgan fingerprint density at radius 2 is 2.04 bits per heavy atom. The summed E-state index contributed by atoms with van der Waals surface area (Å²) >= 11 is 6.72. The van der Waals surface area contributed by atoms with Gasteiger partial charge >= 0.3 is 0 Å². The number of amides is 2. The minimum Gasteiger partial charge on any atom is -0.493 e. The minimum atomic E-state index is -0.523. The summed E-state index contributed by atoms with van der Waals surface area (Å²) in [6.07, 6.45) is 17.4. The first-order valence-corrected chi connectivity index (χ1v) is 17.2. The van der Waals surface area contributed by atoms with Gasteiger partial charge in [0.2, 0.25) is 11.8 Å². The lowest BCUT2D eigenvalue weighted by molar-refractivity contribution is -0.138. The second kappa shape index (κ2) is 16.1. The molecule has 10 nitrogen and oxygen atoms in total. The van der Waals surface area contributed by atoms with E-state index in [-0.39, 0.29) is 24.3 Å². The molecule has 1 aliphatic carbocycles. The molecule has 2 unspecified atom stereocenters. The molecule has 47 heavy (non-hydrogen) atoms. The van der Waals surface area contributed by atoms with Gasteiger partial charge in [-0.2, -0.15) is 5.10 Å². The molecule has 11 heteroatoms. The number of aromatic nitrogens is 2. The van der Waals surface area contributed by atoms with Gasteiger partial charge in [0, 0.05) is 57.8 Å². The Hall–Kier alpha value is -3.47. The van der Waals surface area contributed by atoms with Crippen LogP contribution in [-0.4, -0.2) is 102 Å². The van der Waals surface area contributed by atoms with Crippen molar-refractivity contribution < 1.29 is 23.9 Å². The third-order valence-corrected chi connectivity index (χ3v) is 10.1. The number of nitrogens with zero attached hydrogens (tertiary/aromatic N) is 5. The lowest BCUT2D eigenvalue weighted by Crippen LogP contribution is -2.48. The molecule has 0 aromatic carbocycles. The molecule has 1 aromatic heterocycles. The van der Waals surface area contributed by atoms with Gasteiger partial charge in [0.1, 0.15) is 29.3 Å². The molecule has 1 aromatic rings. The molecule has 5 rings (SSSR count). The fraction of sp³-hybridized carbons (Fsp3) is 0.556. The number of aldehydes is 1. The van der Waals surface area contributed by atoms with Crippen LogP contribution in [0.1, 0.15) is 62.0 Å². The van der Waals surface area contributed by atoms with Gasteiger partial charge in [0.25, 0.3) is 0 Å². The quantitative estimate of drug-likeness (QED) is 0.243. The van der Waals surface area contributed by atoms with Crippen molar-refractivity contribution in [1.29, 1.82) is 0 Å². The largest absolute Gasteiger partial charge is 0.493 e. The molecule has 254 valence electrons. The van der Waals surface area contributed by atoms with E-state index in [4.69, 9.17) is 21.1 Å². The van der Waals surface area contributed by atoms with E-state index in [0.717, 1.165) is 48.2 Å². The summed E-state index contributed by atoms with van der Waals surface area (Å²) in [7, 11) is 3.72. The Labute approximate surface area is 283 Å². The van der Waals surface area contributed by atoms with Gasteiger partial charge in [-0.3, -0.25) is 19.3 Å². The maximum Gasteiger partial charge on any atom is 0.247 e. The normalized spacial score (nSPS) is 21.7. The summed E-state index contributed by atoms with van der Waals surface area (Å²) in [6.45, 7) is 7.75. The van der Waals surface area contributed by atoms with Gasteiger partial charge in [0.15, 0.2) is 6.29 Å². The topological polar surface area (TPSA) is 97.2 Å². The summed E-state index contributed by atoms with van der Waals surface area (Å²) in [4.78, 5) is 44.9. The number of allylic oxidation sites excluding steroid dienone is 6. The van der Waals surface area contributed by atoms with Crippen LogP contribution in [0.2, 0.25) is 5.15 Å². The SMILES string of the molecule is C/C=C\CC(C)/C=C/Cn1nc(C=O)c(CCN(C)C2COC3=C(C4=C(C=CC3)CN(C(=O)C3CCOCC3)CC4)N(C)C2=O)c1Cl. The maximum absolute atomic E-state index is 14.0. The van der Waals surface area contributed by atoms with Crippen molar-refractivity contribution in [3.05, 3.63) is 75.5 Å². The van der Waals surface area contributed by atoms with Crippen molar-refractivity contribution in [2.45, 2.75) is 65.0 Å². The van der Waals surface area contributed by atoms with Crippen molar-refractivity contribution in [2.24, 2.45) is 11.8 Å². The molecule has 1 fully saturated rings. The maximum atomic E-state index is 14.0. The highest BCUT2D eigenvalue weighted by molar-refractivity contribution is 6.30. The molecule has 2 atom stereocenters. The summed E-state index contributed by atoms with van der Waals surface area (Å²) in [5.74, 6) is 1.33. The molecule has 0 radical (unpaired) electrons. The van der Waals surface area contributed by atoms with E-state index in [1.54, 1.807) is 9.58 Å². The van der Waals surface area contributed by atoms with Crippen LogP contribution < -0.4 is 0 Å². The Balaban J connectivity index is 1.24. The number of hydrogen-bond donors (Lipinski definition) is 0. The summed E-state index contributed by atoms with van der Waals surface area (Å²) in [5.41, 5.74) is 3.95. The first kappa shape index (κ1) is 34.9. The van der Waals surface area contributed by atoms with Gasteiger partial charge < -0.3 is 19.3 Å². The highest BCUT2D eigenvalue weighted by Crippen LogP contribution is 2.36. The molecule has 2 amide bonds. The van der Waals surface area contributed by atoms with E-state index in [1.807, 2.05) is 43.0 Å². The second-order valence-corrected chi connectivity index (χ2v) is 13.3. The molecule has 0 saturated carbocycles. The lowest BCUT2D eigenvalue weighted by atomic mass is 9.93. The Kier molecular flexibility index (Phi) is 11.9. The van der Waals surface area contributed by atoms with Crippen LogP contribution in [0.15, 0.2) is 59.1 Å². The first-order chi connectivity index (χ1) is 22.7. The fourth-order valence-corrected chi connectivity index (χ4v) is 7.10. The molecule has 3 aliphatic heterocycles. The second-order valence-electron chi connectivity index (χ2n) is 12.9. The lowest BCUT2D eigenvalue weighted by Gasteiger charge is -2.35. The standard InChI is InChI=1S/C36H48ClN5O5/c1-5-6-9-25(2)10-8-17-42-34(37)29(30(23-43)38-42)13-18-39(3)31-24-47-32-12-7-11-27-22-41(35(44)26-15-20-46-21-16-26)19-14-28(27)33(32)40(4)36(31)45/h5-8,10-11,23,25-26,31H,9,12-22,24H2,1-4H3/b6-5-,10-8+. The predicted octanol–water partition coefficient (Wildman–Crippen LogP) is 4.97. The number of likely N-dealkylation sites (N-methyl/N-ethyl adjacent to an activating group) is 2. The van der Waals surface area contributed by atoms with E-state index in [1.165, 1.54) is 0 Å². The molecule has 0 spiro atoms. The average Bonchev–Trinajstić information content (AvgIpc) is 3.19. The number of carbonyl (C=O) groups is 3. The van der Waals surface area contributed by atoms with E-state index >= 15 is 0 Å². The number of hydrogen-bond acceptors (Lipinski definition) is 7. The van der Waals surface area contributed by atoms with E-state index in [0.29, 0.717) is 81.0 Å². The minimum absolute atomic E-state index is 0.0165. The van der Waals surface area contributed by atoms with Gasteiger partial charge in [-0.15, -0.1) is 0 Å². The number of fused-ring (bicyclic) bond motifs is 1. The van der Waals surface area contributed by atoms with E-state index in [9.17, 15) is 14.4 Å². The van der Waals surface area contributed by atoms with Gasteiger partial charge in [-0.1, -0.05) is 55.0 Å². The molecule has 0 bridgehead atoms. The van der Waals surface area contributed by atoms with Crippen molar-refractivity contribution >= 4 is 29.7 Å². The molecule has 1 saturated heterocycles. The number of carbonyl (C=O) groups excluding carboxylic acids is 3. The van der Waals surface area contributed by atoms with Crippen LogP contribution in [-0.2, 0) is 32.0 Å². The number of rotatable bonds is 11. The zero-order valence-corrected chi connectivity index (χ0v) is 28.9. The van der Waals surface area contributed by atoms with Crippen LogP contribution in [0.25, 0.3) is 0 Å². The van der Waals surface area contributed by atoms with Gasteiger partial charge in [-0.05, 0) is 63.1 Å². The van der Waals surface area contributed by atoms with Crippen molar-refractivity contribution in [2.75, 3.05) is 53.6 Å². The zero-order valence-electron chi connectivity index (χ0n) is 28.1. The molecule has 4 aliphatic rings. The molecule has 4 heterocycles. The molecule has 0 N–H and O–H groups in total. The summed E-state index contributed by atoms with van der Waals surface area (Å²) < 4.78 is 13.5. The third-order valence-electron chi connectivity index (χ3n) is 9.66. The van der Waals surface area contributed by atoms with Crippen LogP contribution in [0.3, 0.4) is 0 Å². The summed E-state index contributed by atoms with van der Waals surface area (Å²) in [6, 6.07) is -0.523. The van der Waals surface area contributed by atoms with Crippen LogP contribution >= 0.6 is 11.6 Å². The first-order valence-electron chi connectivity index (χ1n) is 16.8.